The van der Waals surface area contributed by atoms with Crippen LogP contribution in [0, 0.1) is 0 Å². The number of nitrogens with one attached hydrogen (secondary N) is 2. The van der Waals surface area contributed by atoms with Gasteiger partial charge in [0, 0.05) is 6.04 Å². The highest BCUT2D eigenvalue weighted by atomic mass is 32.2. The number of para-hydroxylation sites is 1. The lowest BCUT2D eigenvalue weighted by Gasteiger charge is -2.23. The highest BCUT2D eigenvalue weighted by Crippen LogP contribution is 2.23. The number of thioether (sulfide) groups is 1. The SMILES string of the molecule is C[C@H](Sc1nc2ccccc2c(=O)n1Cc1ccccc1)C(=O)NC(=O)NC1CCCCC1. The molecule has 0 unspecified atom stereocenters. The molecule has 8 heteroatoms. The summed E-state index contributed by atoms with van der Waals surface area (Å²) in [7, 11) is 0. The molecule has 4 rings (SSSR count). The van der Waals surface area contributed by atoms with Crippen LogP contribution in [-0.2, 0) is 11.3 Å². The molecule has 1 aromatic heterocycles. The van der Waals surface area contributed by atoms with Gasteiger partial charge in [0.15, 0.2) is 5.16 Å². The molecule has 33 heavy (non-hydrogen) atoms. The zero-order valence-corrected chi connectivity index (χ0v) is 19.4. The van der Waals surface area contributed by atoms with E-state index in [0.717, 1.165) is 31.2 Å². The largest absolute Gasteiger partial charge is 0.335 e. The van der Waals surface area contributed by atoms with E-state index in [0.29, 0.717) is 22.6 Å². The van der Waals surface area contributed by atoms with Gasteiger partial charge in [-0.2, -0.15) is 0 Å². The molecule has 0 aliphatic heterocycles. The maximum absolute atomic E-state index is 13.2. The maximum atomic E-state index is 13.2. The lowest BCUT2D eigenvalue weighted by molar-refractivity contribution is -0.119. The number of urea groups is 1. The summed E-state index contributed by atoms with van der Waals surface area (Å²) < 4.78 is 1.59. The van der Waals surface area contributed by atoms with Crippen LogP contribution in [0.1, 0.15) is 44.6 Å². The van der Waals surface area contributed by atoms with E-state index in [1.54, 1.807) is 23.6 Å². The molecule has 1 aliphatic carbocycles. The lowest BCUT2D eigenvalue weighted by atomic mass is 9.96. The second kappa shape index (κ2) is 10.7. The molecule has 2 aromatic carbocycles. The van der Waals surface area contributed by atoms with Crippen molar-refractivity contribution in [2.75, 3.05) is 0 Å². The van der Waals surface area contributed by atoms with Crippen LogP contribution in [0.4, 0.5) is 4.79 Å². The van der Waals surface area contributed by atoms with Gasteiger partial charge in [0.2, 0.25) is 5.91 Å². The smallest absolute Gasteiger partial charge is 0.321 e. The van der Waals surface area contributed by atoms with Crippen LogP contribution in [0.15, 0.2) is 64.5 Å². The van der Waals surface area contributed by atoms with Crippen molar-refractivity contribution in [1.29, 1.82) is 0 Å². The molecule has 0 saturated heterocycles. The predicted molar refractivity (Wildman–Crippen MR) is 130 cm³/mol. The lowest BCUT2D eigenvalue weighted by Crippen LogP contribution is -2.47. The summed E-state index contributed by atoms with van der Waals surface area (Å²) in [6, 6.07) is 16.5. The fourth-order valence-electron chi connectivity index (χ4n) is 4.04. The van der Waals surface area contributed by atoms with Crippen LogP contribution in [0.25, 0.3) is 10.9 Å². The Labute approximate surface area is 197 Å². The molecule has 1 aliphatic rings. The van der Waals surface area contributed by atoms with Crippen molar-refractivity contribution in [3.05, 3.63) is 70.5 Å². The Kier molecular flexibility index (Phi) is 7.44. The first-order valence-electron chi connectivity index (χ1n) is 11.3. The topological polar surface area (TPSA) is 93.1 Å². The Morgan fingerprint density at radius 3 is 2.52 bits per heavy atom. The summed E-state index contributed by atoms with van der Waals surface area (Å²) in [6.45, 7) is 2.05. The van der Waals surface area contributed by atoms with E-state index < -0.39 is 17.2 Å². The highest BCUT2D eigenvalue weighted by molar-refractivity contribution is 8.00. The van der Waals surface area contributed by atoms with Crippen molar-refractivity contribution in [1.82, 2.24) is 20.2 Å². The van der Waals surface area contributed by atoms with Crippen LogP contribution in [-0.4, -0.2) is 32.8 Å². The van der Waals surface area contributed by atoms with Gasteiger partial charge in [-0.25, -0.2) is 9.78 Å². The Morgan fingerprint density at radius 2 is 1.76 bits per heavy atom. The van der Waals surface area contributed by atoms with E-state index in [2.05, 4.69) is 15.6 Å². The molecule has 1 fully saturated rings. The molecule has 0 bridgehead atoms. The summed E-state index contributed by atoms with van der Waals surface area (Å²) in [4.78, 5) is 42.9. The molecule has 1 saturated carbocycles. The summed E-state index contributed by atoms with van der Waals surface area (Å²) in [6.07, 6.45) is 5.27. The van der Waals surface area contributed by atoms with Gasteiger partial charge in [-0.1, -0.05) is 73.5 Å². The zero-order valence-electron chi connectivity index (χ0n) is 18.6. The number of benzene rings is 2. The number of nitrogens with zero attached hydrogens (tertiary/aromatic N) is 2. The number of amides is 3. The van der Waals surface area contributed by atoms with E-state index in [9.17, 15) is 14.4 Å². The first-order valence-corrected chi connectivity index (χ1v) is 12.2. The molecule has 0 radical (unpaired) electrons. The van der Waals surface area contributed by atoms with Crippen molar-refractivity contribution in [2.45, 2.75) is 62.0 Å². The third-order valence-electron chi connectivity index (χ3n) is 5.84. The van der Waals surface area contributed by atoms with Crippen LogP contribution < -0.4 is 16.2 Å². The van der Waals surface area contributed by atoms with Gasteiger partial charge < -0.3 is 5.32 Å². The number of imide groups is 1. The molecule has 1 heterocycles. The monoisotopic (exact) mass is 464 g/mol. The fourth-order valence-corrected chi connectivity index (χ4v) is 4.94. The van der Waals surface area contributed by atoms with E-state index >= 15 is 0 Å². The van der Waals surface area contributed by atoms with Gasteiger partial charge in [-0.3, -0.25) is 19.5 Å². The number of hydrogen-bond donors (Lipinski definition) is 2. The standard InChI is InChI=1S/C25H28N4O3S/c1-17(22(30)28-24(32)26-19-12-6-3-7-13-19)33-25-27-21-15-9-8-14-20(21)23(31)29(25)16-18-10-4-2-5-11-18/h2,4-5,8-11,14-15,17,19H,3,6-7,12-13,16H2,1H3,(H2,26,28,30,32)/t17-/m0/s1. The molecule has 3 aromatic rings. The van der Waals surface area contributed by atoms with E-state index in [4.69, 9.17) is 0 Å². The maximum Gasteiger partial charge on any atom is 0.321 e. The summed E-state index contributed by atoms with van der Waals surface area (Å²) in [5.74, 6) is -0.415. The second-order valence-corrected chi connectivity index (χ2v) is 9.65. The average Bonchev–Trinajstić information content (AvgIpc) is 2.82. The van der Waals surface area contributed by atoms with Gasteiger partial charge >= 0.3 is 6.03 Å². The van der Waals surface area contributed by atoms with E-state index in [1.165, 1.54) is 18.2 Å². The van der Waals surface area contributed by atoms with E-state index in [-0.39, 0.29) is 11.6 Å². The minimum atomic E-state index is -0.614. The summed E-state index contributed by atoms with van der Waals surface area (Å²) >= 11 is 1.17. The molecule has 172 valence electrons. The zero-order chi connectivity index (χ0) is 23.2. The average molecular weight is 465 g/mol. The third kappa shape index (κ3) is 5.82. The number of carbonyl (C=O) groups is 2. The Balaban J connectivity index is 1.52. The van der Waals surface area contributed by atoms with Gasteiger partial charge in [-0.05, 0) is 37.5 Å². The van der Waals surface area contributed by atoms with Gasteiger partial charge in [0.25, 0.3) is 5.56 Å². The molecular formula is C25H28N4O3S. The minimum absolute atomic E-state index is 0.118. The molecule has 7 nitrogen and oxygen atoms in total. The molecule has 2 N–H and O–H groups in total. The van der Waals surface area contributed by atoms with Crippen molar-refractivity contribution < 1.29 is 9.59 Å². The highest BCUT2D eigenvalue weighted by Gasteiger charge is 2.23. The first kappa shape index (κ1) is 23.0. The predicted octanol–water partition coefficient (Wildman–Crippen LogP) is 4.08. The second-order valence-electron chi connectivity index (χ2n) is 8.35. The number of rotatable bonds is 6. The molecular weight excluding hydrogens is 436 g/mol. The third-order valence-corrected chi connectivity index (χ3v) is 6.93. The fraction of sp³-hybridized carbons (Fsp3) is 0.360. The number of aromatic nitrogens is 2. The van der Waals surface area contributed by atoms with Crippen molar-refractivity contribution in [3.8, 4) is 0 Å². The van der Waals surface area contributed by atoms with Crippen LogP contribution in [0.2, 0.25) is 0 Å². The number of carbonyl (C=O) groups excluding carboxylic acids is 2. The number of fused-ring (bicyclic) bond motifs is 1. The van der Waals surface area contributed by atoms with Crippen molar-refractivity contribution in [3.63, 3.8) is 0 Å². The van der Waals surface area contributed by atoms with Crippen molar-refractivity contribution >= 4 is 34.6 Å². The van der Waals surface area contributed by atoms with Crippen molar-refractivity contribution in [2.24, 2.45) is 0 Å². The normalized spacial score (nSPS) is 15.2. The van der Waals surface area contributed by atoms with E-state index in [1.807, 2.05) is 42.5 Å². The Hall–Kier alpha value is -3.13. The van der Waals surface area contributed by atoms with Gasteiger partial charge in [0.1, 0.15) is 0 Å². The van der Waals surface area contributed by atoms with Crippen LogP contribution in [0.3, 0.4) is 0 Å². The first-order chi connectivity index (χ1) is 16.0. The Bertz CT molecular complexity index is 1190. The molecule has 0 spiro atoms. The number of hydrogen-bond acceptors (Lipinski definition) is 5. The molecule has 3 amide bonds. The van der Waals surface area contributed by atoms with Gasteiger partial charge in [0.05, 0.1) is 22.7 Å². The summed E-state index contributed by atoms with van der Waals surface area (Å²) in [5, 5.41) is 5.70. The van der Waals surface area contributed by atoms with Crippen LogP contribution >= 0.6 is 11.8 Å². The van der Waals surface area contributed by atoms with Gasteiger partial charge in [-0.15, -0.1) is 0 Å². The van der Waals surface area contributed by atoms with Crippen LogP contribution in [0.5, 0.6) is 0 Å². The summed E-state index contributed by atoms with van der Waals surface area (Å²) in [5.41, 5.74) is 1.38. The minimum Gasteiger partial charge on any atom is -0.335 e. The quantitative estimate of drug-likeness (QED) is 0.424. The Morgan fingerprint density at radius 1 is 1.06 bits per heavy atom. The molecule has 1 atom stereocenters.